The number of hydrogen-bond donors (Lipinski definition) is 1. The lowest BCUT2D eigenvalue weighted by Gasteiger charge is -2.08. The second-order valence-electron chi connectivity index (χ2n) is 5.05. The number of aromatic amines is 1. The normalized spacial score (nSPS) is 11.0. The summed E-state index contributed by atoms with van der Waals surface area (Å²) in [5.74, 6) is 1.48. The van der Waals surface area contributed by atoms with E-state index in [1.807, 2.05) is 48.5 Å². The Bertz CT molecular complexity index is 1050. The first-order valence-corrected chi connectivity index (χ1v) is 8.72. The summed E-state index contributed by atoms with van der Waals surface area (Å²) >= 11 is 12.7. The molecule has 2 aromatic heterocycles. The van der Waals surface area contributed by atoms with Gasteiger partial charge in [0.25, 0.3) is 0 Å². The summed E-state index contributed by atoms with van der Waals surface area (Å²) in [6.45, 7) is 0.422. The molecule has 0 amide bonds. The number of ether oxygens (including phenoxy) is 1. The average molecular weight is 375 g/mol. The molecule has 24 heavy (non-hydrogen) atoms. The number of hydrogen-bond acceptors (Lipinski definition) is 5. The number of nitrogens with one attached hydrogen (secondary N) is 1. The van der Waals surface area contributed by atoms with E-state index >= 15 is 0 Å². The Morgan fingerprint density at radius 3 is 2.71 bits per heavy atom. The quantitative estimate of drug-likeness (QED) is 0.524. The van der Waals surface area contributed by atoms with Crippen LogP contribution in [0, 0.1) is 3.95 Å². The van der Waals surface area contributed by atoms with Crippen molar-refractivity contribution in [3.8, 4) is 17.1 Å². The van der Waals surface area contributed by atoms with Crippen molar-refractivity contribution in [2.45, 2.75) is 6.61 Å². The Morgan fingerprint density at radius 2 is 1.92 bits per heavy atom. The maximum atomic E-state index is 6.13. The summed E-state index contributed by atoms with van der Waals surface area (Å²) in [5.41, 5.74) is 1.88. The van der Waals surface area contributed by atoms with E-state index in [0.717, 1.165) is 27.7 Å². The molecule has 0 aliphatic heterocycles. The fourth-order valence-electron chi connectivity index (χ4n) is 2.30. The highest BCUT2D eigenvalue weighted by molar-refractivity contribution is 7.73. The second-order valence-corrected chi connectivity index (χ2v) is 7.10. The SMILES string of the molecule is S=c1[nH]n2c(-c3ccc(OCc4ccccc4Cl)cc3)nnc2s1. The van der Waals surface area contributed by atoms with E-state index in [9.17, 15) is 0 Å². The van der Waals surface area contributed by atoms with Crippen LogP contribution in [0.25, 0.3) is 16.3 Å². The van der Waals surface area contributed by atoms with E-state index in [2.05, 4.69) is 15.3 Å². The van der Waals surface area contributed by atoms with Crippen LogP contribution in [0.2, 0.25) is 5.02 Å². The molecule has 1 N–H and O–H groups in total. The lowest BCUT2D eigenvalue weighted by molar-refractivity contribution is 0.306. The molecule has 0 bridgehead atoms. The van der Waals surface area contributed by atoms with Gasteiger partial charge in [0, 0.05) is 16.1 Å². The van der Waals surface area contributed by atoms with Crippen LogP contribution in [0.15, 0.2) is 48.5 Å². The van der Waals surface area contributed by atoms with Gasteiger partial charge in [-0.15, -0.1) is 10.2 Å². The Balaban J connectivity index is 1.54. The number of halogens is 1. The van der Waals surface area contributed by atoms with Crippen LogP contribution in [-0.2, 0) is 6.61 Å². The highest BCUT2D eigenvalue weighted by Gasteiger charge is 2.10. The van der Waals surface area contributed by atoms with Crippen molar-refractivity contribution < 1.29 is 4.74 Å². The molecule has 5 nitrogen and oxygen atoms in total. The third-order valence-corrected chi connectivity index (χ3v) is 4.92. The molecule has 4 rings (SSSR count). The minimum absolute atomic E-state index is 0.422. The van der Waals surface area contributed by atoms with E-state index in [1.54, 1.807) is 4.52 Å². The number of aromatic nitrogens is 4. The van der Waals surface area contributed by atoms with E-state index in [-0.39, 0.29) is 0 Å². The molecule has 120 valence electrons. The smallest absolute Gasteiger partial charge is 0.234 e. The summed E-state index contributed by atoms with van der Waals surface area (Å²) < 4.78 is 8.24. The first-order valence-electron chi connectivity index (χ1n) is 7.11. The molecular weight excluding hydrogens is 364 g/mol. The third kappa shape index (κ3) is 2.93. The van der Waals surface area contributed by atoms with Gasteiger partial charge in [0.15, 0.2) is 9.78 Å². The largest absolute Gasteiger partial charge is 0.489 e. The molecule has 0 fully saturated rings. The van der Waals surface area contributed by atoms with E-state index < -0.39 is 0 Å². The van der Waals surface area contributed by atoms with Crippen molar-refractivity contribution in [1.82, 2.24) is 19.8 Å². The van der Waals surface area contributed by atoms with Crippen LogP contribution in [0.1, 0.15) is 5.56 Å². The van der Waals surface area contributed by atoms with Crippen LogP contribution in [0.4, 0.5) is 0 Å². The number of nitrogens with zero attached hydrogens (tertiary/aromatic N) is 3. The Labute approximate surface area is 151 Å². The lowest BCUT2D eigenvalue weighted by atomic mass is 10.2. The molecule has 8 heteroatoms. The maximum Gasteiger partial charge on any atom is 0.234 e. The summed E-state index contributed by atoms with van der Waals surface area (Å²) in [6, 6.07) is 15.3. The van der Waals surface area contributed by atoms with Crippen LogP contribution >= 0.6 is 35.2 Å². The molecule has 4 aromatic rings. The zero-order valence-corrected chi connectivity index (χ0v) is 14.7. The molecule has 2 heterocycles. The summed E-state index contributed by atoms with van der Waals surface area (Å²) in [6.07, 6.45) is 0. The molecule has 0 aliphatic rings. The molecule has 0 atom stereocenters. The second kappa shape index (κ2) is 6.35. The van der Waals surface area contributed by atoms with Crippen molar-refractivity contribution in [1.29, 1.82) is 0 Å². The molecule has 0 aliphatic carbocycles. The van der Waals surface area contributed by atoms with Crippen molar-refractivity contribution in [2.75, 3.05) is 0 Å². The molecule has 0 saturated carbocycles. The molecule has 0 radical (unpaired) electrons. The van der Waals surface area contributed by atoms with E-state index in [0.29, 0.717) is 15.6 Å². The van der Waals surface area contributed by atoms with Gasteiger partial charge >= 0.3 is 0 Å². The van der Waals surface area contributed by atoms with Crippen LogP contribution in [0.3, 0.4) is 0 Å². The van der Waals surface area contributed by atoms with Gasteiger partial charge in [0.1, 0.15) is 12.4 Å². The Morgan fingerprint density at radius 1 is 1.12 bits per heavy atom. The van der Waals surface area contributed by atoms with E-state index in [1.165, 1.54) is 11.3 Å². The average Bonchev–Trinajstić information content (AvgIpc) is 3.14. The van der Waals surface area contributed by atoms with Gasteiger partial charge in [-0.1, -0.05) is 41.1 Å². The fraction of sp³-hybridized carbons (Fsp3) is 0.0625. The minimum atomic E-state index is 0.422. The predicted molar refractivity (Wildman–Crippen MR) is 97.3 cm³/mol. The summed E-state index contributed by atoms with van der Waals surface area (Å²) in [7, 11) is 0. The number of H-pyrrole nitrogens is 1. The van der Waals surface area contributed by atoms with Crippen molar-refractivity contribution in [3.05, 3.63) is 63.1 Å². The molecular formula is C16H11ClN4OS2. The van der Waals surface area contributed by atoms with Gasteiger partial charge in [-0.25, -0.2) is 4.52 Å². The topological polar surface area (TPSA) is 55.2 Å². The van der Waals surface area contributed by atoms with E-state index in [4.69, 9.17) is 28.6 Å². The standard InChI is InChI=1S/C16H11ClN4OS2/c17-13-4-2-1-3-11(13)9-22-12-7-5-10(6-8-12)14-18-19-15-21(14)20-16(23)24-15/h1-8H,9H2,(H,20,23). The lowest BCUT2D eigenvalue weighted by Crippen LogP contribution is -1.96. The highest BCUT2D eigenvalue weighted by Crippen LogP contribution is 2.24. The van der Waals surface area contributed by atoms with Gasteiger partial charge in [0.05, 0.1) is 0 Å². The van der Waals surface area contributed by atoms with Crippen LogP contribution < -0.4 is 4.74 Å². The zero-order valence-electron chi connectivity index (χ0n) is 12.3. The van der Waals surface area contributed by atoms with Gasteiger partial charge in [-0.3, -0.25) is 5.10 Å². The fourth-order valence-corrected chi connectivity index (χ4v) is 3.41. The van der Waals surface area contributed by atoms with Gasteiger partial charge in [-0.05, 0) is 42.5 Å². The van der Waals surface area contributed by atoms with Crippen molar-refractivity contribution in [3.63, 3.8) is 0 Å². The molecule has 0 unspecified atom stereocenters. The Hall–Kier alpha value is -2.22. The predicted octanol–water partition coefficient (Wildman–Crippen LogP) is 4.75. The zero-order chi connectivity index (χ0) is 16.5. The van der Waals surface area contributed by atoms with Crippen LogP contribution in [-0.4, -0.2) is 19.8 Å². The molecule has 0 saturated heterocycles. The number of benzene rings is 2. The van der Waals surface area contributed by atoms with Crippen LogP contribution in [0.5, 0.6) is 5.75 Å². The van der Waals surface area contributed by atoms with Crippen molar-refractivity contribution >= 4 is 40.1 Å². The molecule has 0 spiro atoms. The number of rotatable bonds is 4. The highest BCUT2D eigenvalue weighted by atomic mass is 35.5. The van der Waals surface area contributed by atoms with Gasteiger partial charge < -0.3 is 4.74 Å². The first-order chi connectivity index (χ1) is 11.7. The summed E-state index contributed by atoms with van der Waals surface area (Å²) in [4.78, 5) is 0.744. The molecule has 2 aromatic carbocycles. The Kier molecular flexibility index (Phi) is 4.05. The third-order valence-electron chi connectivity index (χ3n) is 3.49. The van der Waals surface area contributed by atoms with Gasteiger partial charge in [0.2, 0.25) is 4.96 Å². The summed E-state index contributed by atoms with van der Waals surface area (Å²) in [5, 5.41) is 12.1. The maximum absolute atomic E-state index is 6.13. The monoisotopic (exact) mass is 374 g/mol. The first kappa shape index (κ1) is 15.3. The number of fused-ring (bicyclic) bond motifs is 1. The minimum Gasteiger partial charge on any atom is -0.489 e. The van der Waals surface area contributed by atoms with Gasteiger partial charge in [-0.2, -0.15) is 0 Å². The van der Waals surface area contributed by atoms with Crippen molar-refractivity contribution in [2.24, 2.45) is 0 Å².